The number of benzene rings is 2. The molecule has 3 nitrogen and oxygen atoms in total. The molecule has 0 bridgehead atoms. The minimum atomic E-state index is 0.563. The van der Waals surface area contributed by atoms with Crippen molar-refractivity contribution < 1.29 is 9.47 Å². The van der Waals surface area contributed by atoms with Crippen molar-refractivity contribution >= 4 is 28.8 Å². The Kier molecular flexibility index (Phi) is 7.10. The second-order valence-electron chi connectivity index (χ2n) is 6.96. The average molecular weight is 408 g/mol. The first-order chi connectivity index (χ1) is 14.1. The third-order valence-corrected chi connectivity index (χ3v) is 5.37. The van der Waals surface area contributed by atoms with Crippen molar-refractivity contribution in [2.45, 2.75) is 27.7 Å². The van der Waals surface area contributed by atoms with Crippen LogP contribution in [0.1, 0.15) is 38.8 Å². The van der Waals surface area contributed by atoms with Crippen molar-refractivity contribution in [3.63, 3.8) is 0 Å². The van der Waals surface area contributed by atoms with Crippen molar-refractivity contribution in [3.8, 4) is 11.5 Å². The molecule has 2 aromatic rings. The summed E-state index contributed by atoms with van der Waals surface area (Å²) in [7, 11) is 0. The van der Waals surface area contributed by atoms with E-state index in [9.17, 15) is 0 Å². The van der Waals surface area contributed by atoms with Crippen LogP contribution in [0.4, 0.5) is 5.69 Å². The van der Waals surface area contributed by atoms with Gasteiger partial charge in [-0.1, -0.05) is 36.2 Å². The predicted octanol–water partition coefficient (Wildman–Crippen LogP) is 6.99. The number of nitrogens with one attached hydrogen (secondary N) is 1. The summed E-state index contributed by atoms with van der Waals surface area (Å²) in [6.07, 6.45) is 6.31. The van der Waals surface area contributed by atoms with E-state index in [1.165, 1.54) is 27.9 Å². The van der Waals surface area contributed by atoms with Gasteiger partial charge in [-0.25, -0.2) is 0 Å². The summed E-state index contributed by atoms with van der Waals surface area (Å²) >= 11 is 1.60. The zero-order valence-electron chi connectivity index (χ0n) is 17.8. The van der Waals surface area contributed by atoms with Crippen LogP contribution in [0.2, 0.25) is 0 Å². The lowest BCUT2D eigenvalue weighted by molar-refractivity contribution is 0.328. The van der Waals surface area contributed by atoms with E-state index in [0.29, 0.717) is 13.2 Å². The normalized spacial score (nSPS) is 15.6. The van der Waals surface area contributed by atoms with Crippen LogP contribution in [0.5, 0.6) is 11.5 Å². The summed E-state index contributed by atoms with van der Waals surface area (Å²) in [6, 6.07) is 14.7. The smallest absolute Gasteiger partial charge is 0.131 e. The molecule has 0 aromatic heterocycles. The van der Waals surface area contributed by atoms with E-state index < -0.39 is 0 Å². The fourth-order valence-corrected chi connectivity index (χ4v) is 3.94. The molecule has 0 atom stereocenters. The highest BCUT2D eigenvalue weighted by atomic mass is 32.2. The van der Waals surface area contributed by atoms with Crippen molar-refractivity contribution in [2.24, 2.45) is 0 Å². The van der Waals surface area contributed by atoms with E-state index in [4.69, 9.17) is 9.47 Å². The van der Waals surface area contributed by atoms with E-state index in [0.717, 1.165) is 22.7 Å². The topological polar surface area (TPSA) is 30.5 Å². The van der Waals surface area contributed by atoms with Gasteiger partial charge in [0.15, 0.2) is 0 Å². The molecule has 1 heterocycles. The van der Waals surface area contributed by atoms with Gasteiger partial charge in [-0.2, -0.15) is 0 Å². The Balaban J connectivity index is 2.24. The van der Waals surface area contributed by atoms with Gasteiger partial charge in [0, 0.05) is 23.6 Å². The molecule has 4 heteroatoms. The molecule has 0 amide bonds. The van der Waals surface area contributed by atoms with Gasteiger partial charge in [-0.3, -0.25) is 0 Å². The number of rotatable bonds is 6. The molecule has 0 saturated carbocycles. The maximum atomic E-state index is 6.18. The van der Waals surface area contributed by atoms with Gasteiger partial charge in [0.1, 0.15) is 18.1 Å². The standard InChI is InChI=1S/C25H29NO2S/c1-6-9-22-17(3)16-28-24-15-21(27-7-2)12-13-23(24)25(22)18(4)19-10-8-11-20(14-19)26-29-5/h6,8-15,26H,7,16H2,1-5H3/b9-6-,25-18+. The molecule has 1 aliphatic heterocycles. The third kappa shape index (κ3) is 4.70. The average Bonchev–Trinajstić information content (AvgIpc) is 2.85. The number of hydrogen-bond acceptors (Lipinski definition) is 4. The Morgan fingerprint density at radius 2 is 2.07 bits per heavy atom. The van der Waals surface area contributed by atoms with Crippen LogP contribution in [0.3, 0.4) is 0 Å². The van der Waals surface area contributed by atoms with Crippen LogP contribution < -0.4 is 14.2 Å². The van der Waals surface area contributed by atoms with Gasteiger partial charge in [0.25, 0.3) is 0 Å². The van der Waals surface area contributed by atoms with Crippen molar-refractivity contribution in [2.75, 3.05) is 24.2 Å². The molecule has 0 aliphatic carbocycles. The third-order valence-electron chi connectivity index (χ3n) is 4.93. The number of anilines is 1. The Hall–Kier alpha value is -2.59. The van der Waals surface area contributed by atoms with Crippen LogP contribution in [0.25, 0.3) is 11.1 Å². The quantitative estimate of drug-likeness (QED) is 0.523. The zero-order chi connectivity index (χ0) is 20.8. The molecule has 1 N–H and O–H groups in total. The molecule has 0 radical (unpaired) electrons. The molecule has 29 heavy (non-hydrogen) atoms. The molecule has 1 aliphatic rings. The Labute approximate surface area is 178 Å². The summed E-state index contributed by atoms with van der Waals surface area (Å²) in [6.45, 7) is 9.58. The van der Waals surface area contributed by atoms with Crippen molar-refractivity contribution in [3.05, 3.63) is 76.9 Å². The maximum Gasteiger partial charge on any atom is 0.131 e. The van der Waals surface area contributed by atoms with E-state index in [1.807, 2.05) is 25.3 Å². The Bertz CT molecular complexity index is 973. The van der Waals surface area contributed by atoms with E-state index in [-0.39, 0.29) is 0 Å². The van der Waals surface area contributed by atoms with E-state index in [1.54, 1.807) is 11.9 Å². The van der Waals surface area contributed by atoms with Crippen LogP contribution in [-0.4, -0.2) is 19.5 Å². The summed E-state index contributed by atoms with van der Waals surface area (Å²) in [5.41, 5.74) is 8.24. The zero-order valence-corrected chi connectivity index (χ0v) is 18.7. The van der Waals surface area contributed by atoms with E-state index >= 15 is 0 Å². The number of hydrogen-bond donors (Lipinski definition) is 1. The maximum absolute atomic E-state index is 6.18. The van der Waals surface area contributed by atoms with Crippen LogP contribution in [0.15, 0.2) is 65.8 Å². The number of allylic oxidation sites excluding steroid dienone is 5. The fraction of sp³-hybridized carbons (Fsp3) is 0.280. The summed E-state index contributed by atoms with van der Waals surface area (Å²) < 4.78 is 15.2. The molecular formula is C25H29NO2S. The highest BCUT2D eigenvalue weighted by molar-refractivity contribution is 7.99. The molecule has 152 valence electrons. The molecule has 0 fully saturated rings. The van der Waals surface area contributed by atoms with Crippen LogP contribution in [0, 0.1) is 0 Å². The van der Waals surface area contributed by atoms with Crippen molar-refractivity contribution in [1.82, 2.24) is 0 Å². The van der Waals surface area contributed by atoms with Crippen LogP contribution in [-0.2, 0) is 0 Å². The first kappa shape index (κ1) is 21.1. The van der Waals surface area contributed by atoms with Gasteiger partial charge >= 0.3 is 0 Å². The molecule has 2 aromatic carbocycles. The van der Waals surface area contributed by atoms with Gasteiger partial charge in [-0.15, -0.1) is 0 Å². The minimum Gasteiger partial charge on any atom is -0.494 e. The van der Waals surface area contributed by atoms with Gasteiger partial charge in [-0.05, 0) is 79.8 Å². The largest absolute Gasteiger partial charge is 0.494 e. The van der Waals surface area contributed by atoms with Gasteiger partial charge in [0.2, 0.25) is 0 Å². The highest BCUT2D eigenvalue weighted by Crippen LogP contribution is 2.42. The second kappa shape index (κ2) is 9.75. The fourth-order valence-electron chi connectivity index (χ4n) is 3.58. The predicted molar refractivity (Wildman–Crippen MR) is 127 cm³/mol. The first-order valence-electron chi connectivity index (χ1n) is 9.92. The first-order valence-corrected chi connectivity index (χ1v) is 11.1. The molecule has 3 rings (SSSR count). The van der Waals surface area contributed by atoms with Gasteiger partial charge < -0.3 is 14.2 Å². The summed E-state index contributed by atoms with van der Waals surface area (Å²) in [5.74, 6) is 1.70. The Morgan fingerprint density at radius 1 is 1.24 bits per heavy atom. The summed E-state index contributed by atoms with van der Waals surface area (Å²) in [5, 5.41) is 0. The second-order valence-corrected chi connectivity index (χ2v) is 7.57. The SMILES string of the molecule is C/C=C\C1=C(C)COc2cc(OCC)ccc2/C1=C(\C)c1cccc(NSC)c1. The lowest BCUT2D eigenvalue weighted by atomic mass is 9.87. The molecule has 0 saturated heterocycles. The molecule has 0 unspecified atom stereocenters. The molecule has 0 spiro atoms. The lowest BCUT2D eigenvalue weighted by Crippen LogP contribution is -1.99. The van der Waals surface area contributed by atoms with E-state index in [2.05, 4.69) is 68.0 Å². The summed E-state index contributed by atoms with van der Waals surface area (Å²) in [4.78, 5) is 0. The minimum absolute atomic E-state index is 0.563. The number of fused-ring (bicyclic) bond motifs is 1. The van der Waals surface area contributed by atoms with Gasteiger partial charge in [0.05, 0.1) is 6.61 Å². The van der Waals surface area contributed by atoms with Crippen LogP contribution >= 0.6 is 11.9 Å². The number of ether oxygens (including phenoxy) is 2. The monoisotopic (exact) mass is 407 g/mol. The highest BCUT2D eigenvalue weighted by Gasteiger charge is 2.22. The van der Waals surface area contributed by atoms with Crippen molar-refractivity contribution in [1.29, 1.82) is 0 Å². The Morgan fingerprint density at radius 3 is 2.79 bits per heavy atom. The molecular weight excluding hydrogens is 378 g/mol. The lowest BCUT2D eigenvalue weighted by Gasteiger charge is -2.17.